The number of alkyl halides is 3. The first-order valence-electron chi connectivity index (χ1n) is 8.25. The fourth-order valence-corrected chi connectivity index (χ4v) is 4.90. The van der Waals surface area contributed by atoms with Gasteiger partial charge in [-0.25, -0.2) is 8.42 Å². The highest BCUT2D eigenvalue weighted by atomic mass is 35.5. The number of piperazine rings is 1. The Morgan fingerprint density at radius 1 is 1.00 bits per heavy atom. The molecule has 2 aromatic carbocycles. The summed E-state index contributed by atoms with van der Waals surface area (Å²) in [6, 6.07) is 9.67. The predicted octanol–water partition coefficient (Wildman–Crippen LogP) is 3.96. The smallest absolute Gasteiger partial charge is 0.304 e. The largest absolute Gasteiger partial charge is 0.417 e. The maximum Gasteiger partial charge on any atom is 0.417 e. The van der Waals surface area contributed by atoms with Gasteiger partial charge < -0.3 is 4.90 Å². The normalized spacial score (nSPS) is 17.2. The van der Waals surface area contributed by atoms with E-state index in [1.165, 1.54) is 16.4 Å². The van der Waals surface area contributed by atoms with E-state index in [0.717, 1.165) is 6.07 Å². The molecule has 3 rings (SSSR count). The number of hydrogen-bond acceptors (Lipinski definition) is 3. The van der Waals surface area contributed by atoms with Gasteiger partial charge in [-0.3, -0.25) is 0 Å². The van der Waals surface area contributed by atoms with Gasteiger partial charge in [-0.2, -0.15) is 17.5 Å². The van der Waals surface area contributed by atoms with Gasteiger partial charge in [0.05, 0.1) is 15.5 Å². The van der Waals surface area contributed by atoms with Crippen molar-refractivity contribution in [2.45, 2.75) is 11.1 Å². The molecular weight excluding hydrogens is 401 g/mol. The summed E-state index contributed by atoms with van der Waals surface area (Å²) in [5.41, 5.74) is -1.01. The van der Waals surface area contributed by atoms with Crippen LogP contribution in [0.3, 0.4) is 0 Å². The topological polar surface area (TPSA) is 40.6 Å². The zero-order chi connectivity index (χ0) is 19.8. The number of hydrogen-bond donors (Lipinski definition) is 0. The van der Waals surface area contributed by atoms with Gasteiger partial charge in [0, 0.05) is 31.7 Å². The lowest BCUT2D eigenvalue weighted by molar-refractivity contribution is -0.137. The van der Waals surface area contributed by atoms with Crippen molar-refractivity contribution >= 4 is 21.6 Å². The van der Waals surface area contributed by atoms with Crippen molar-refractivity contribution in [3.63, 3.8) is 0 Å². The molecule has 0 spiro atoms. The number of rotatable bonds is 3. The maximum absolute atomic E-state index is 13.7. The van der Waals surface area contributed by atoms with Crippen molar-refractivity contribution in [3.8, 4) is 11.1 Å². The third-order valence-electron chi connectivity index (χ3n) is 4.53. The second-order valence-electron chi connectivity index (χ2n) is 6.40. The van der Waals surface area contributed by atoms with Crippen LogP contribution in [-0.2, 0) is 16.2 Å². The number of nitrogens with zero attached hydrogens (tertiary/aromatic N) is 2. The Labute approximate surface area is 161 Å². The van der Waals surface area contributed by atoms with Crippen LogP contribution in [0.5, 0.6) is 0 Å². The molecule has 0 radical (unpaired) electrons. The first kappa shape index (κ1) is 20.1. The van der Waals surface area contributed by atoms with Gasteiger partial charge in [0.15, 0.2) is 0 Å². The van der Waals surface area contributed by atoms with Crippen LogP contribution in [0.15, 0.2) is 47.4 Å². The van der Waals surface area contributed by atoms with Gasteiger partial charge in [0.2, 0.25) is 10.0 Å². The van der Waals surface area contributed by atoms with E-state index in [0.29, 0.717) is 19.2 Å². The summed E-state index contributed by atoms with van der Waals surface area (Å²) >= 11 is 6.15. The molecule has 0 amide bonds. The Hall–Kier alpha value is -1.61. The summed E-state index contributed by atoms with van der Waals surface area (Å²) in [5, 5.41) is -0.247. The van der Waals surface area contributed by atoms with E-state index in [-0.39, 0.29) is 29.2 Å². The molecule has 1 fully saturated rings. The van der Waals surface area contributed by atoms with Crippen LogP contribution < -0.4 is 0 Å². The highest BCUT2D eigenvalue weighted by Gasteiger charge is 2.37. The van der Waals surface area contributed by atoms with E-state index in [9.17, 15) is 21.6 Å². The highest BCUT2D eigenvalue weighted by molar-refractivity contribution is 7.89. The van der Waals surface area contributed by atoms with E-state index < -0.39 is 26.7 Å². The fourth-order valence-electron chi connectivity index (χ4n) is 3.03. The van der Waals surface area contributed by atoms with Crippen molar-refractivity contribution < 1.29 is 21.6 Å². The first-order chi connectivity index (χ1) is 12.6. The van der Waals surface area contributed by atoms with Crippen LogP contribution >= 0.6 is 11.6 Å². The van der Waals surface area contributed by atoms with E-state index in [1.807, 2.05) is 11.9 Å². The molecule has 0 unspecified atom stereocenters. The standard InChI is InChI=1S/C18H18ClF3N2O2S/c1-23-7-9-24(10-8-23)27(25,26)14-11-15(18(20,21)22)17(16(19)12-14)13-5-3-2-4-6-13/h2-6,11-12H,7-10H2,1H3. The zero-order valence-corrected chi connectivity index (χ0v) is 16.1. The summed E-state index contributed by atoms with van der Waals surface area (Å²) in [6.07, 6.45) is -4.75. The Bertz CT molecular complexity index is 926. The average Bonchev–Trinajstić information content (AvgIpc) is 2.61. The van der Waals surface area contributed by atoms with Crippen molar-refractivity contribution in [3.05, 3.63) is 53.1 Å². The second-order valence-corrected chi connectivity index (χ2v) is 8.74. The summed E-state index contributed by atoms with van der Waals surface area (Å²) in [5.74, 6) is 0. The van der Waals surface area contributed by atoms with Crippen LogP contribution in [0.4, 0.5) is 13.2 Å². The van der Waals surface area contributed by atoms with Gasteiger partial charge >= 0.3 is 6.18 Å². The average molecular weight is 419 g/mol. The van der Waals surface area contributed by atoms with Gasteiger partial charge in [0.1, 0.15) is 0 Å². The minimum Gasteiger partial charge on any atom is -0.304 e. The third-order valence-corrected chi connectivity index (χ3v) is 6.71. The summed E-state index contributed by atoms with van der Waals surface area (Å²) in [7, 11) is -2.21. The zero-order valence-electron chi connectivity index (χ0n) is 14.5. The molecule has 1 aliphatic heterocycles. The monoisotopic (exact) mass is 418 g/mol. The Morgan fingerprint density at radius 2 is 1.59 bits per heavy atom. The van der Waals surface area contributed by atoms with E-state index in [1.54, 1.807) is 18.2 Å². The number of benzene rings is 2. The molecule has 146 valence electrons. The quantitative estimate of drug-likeness (QED) is 0.757. The minimum absolute atomic E-state index is 0.220. The van der Waals surface area contributed by atoms with Crippen molar-refractivity contribution in [1.82, 2.24) is 9.21 Å². The second kappa shape index (κ2) is 7.43. The minimum atomic E-state index is -4.75. The van der Waals surface area contributed by atoms with E-state index >= 15 is 0 Å². The molecule has 0 atom stereocenters. The van der Waals surface area contributed by atoms with Crippen molar-refractivity contribution in [2.24, 2.45) is 0 Å². The summed E-state index contributed by atoms with van der Waals surface area (Å²) in [4.78, 5) is 1.52. The molecule has 0 saturated carbocycles. The van der Waals surface area contributed by atoms with Gasteiger partial charge in [0.25, 0.3) is 0 Å². The lowest BCUT2D eigenvalue weighted by Crippen LogP contribution is -2.47. The molecule has 1 saturated heterocycles. The van der Waals surface area contributed by atoms with Crippen LogP contribution in [0.2, 0.25) is 5.02 Å². The van der Waals surface area contributed by atoms with Crippen molar-refractivity contribution in [1.29, 1.82) is 0 Å². The van der Waals surface area contributed by atoms with Gasteiger partial charge in [-0.1, -0.05) is 41.9 Å². The number of likely N-dealkylation sites (N-methyl/N-ethyl adjacent to an activating group) is 1. The van der Waals surface area contributed by atoms with E-state index in [2.05, 4.69) is 0 Å². The van der Waals surface area contributed by atoms with Crippen molar-refractivity contribution in [2.75, 3.05) is 33.2 Å². The molecule has 0 aliphatic carbocycles. The van der Waals surface area contributed by atoms with E-state index in [4.69, 9.17) is 11.6 Å². The first-order valence-corrected chi connectivity index (χ1v) is 10.1. The molecule has 27 heavy (non-hydrogen) atoms. The lowest BCUT2D eigenvalue weighted by atomic mass is 9.99. The molecule has 0 aromatic heterocycles. The molecule has 1 heterocycles. The van der Waals surface area contributed by atoms with Crippen LogP contribution in [0.1, 0.15) is 5.56 Å². The Morgan fingerprint density at radius 3 is 2.15 bits per heavy atom. The SMILES string of the molecule is CN1CCN(S(=O)(=O)c2cc(Cl)c(-c3ccccc3)c(C(F)(F)F)c2)CC1. The number of sulfonamides is 1. The Balaban J connectivity index is 2.13. The third kappa shape index (κ3) is 4.13. The highest BCUT2D eigenvalue weighted by Crippen LogP contribution is 2.42. The molecule has 2 aromatic rings. The number of halogens is 4. The molecule has 4 nitrogen and oxygen atoms in total. The van der Waals surface area contributed by atoms with Gasteiger partial charge in [-0.15, -0.1) is 0 Å². The van der Waals surface area contributed by atoms with Crippen LogP contribution in [-0.4, -0.2) is 50.8 Å². The van der Waals surface area contributed by atoms with Crippen LogP contribution in [0, 0.1) is 0 Å². The molecule has 1 aliphatic rings. The lowest BCUT2D eigenvalue weighted by Gasteiger charge is -2.31. The molecule has 0 N–H and O–H groups in total. The Kier molecular flexibility index (Phi) is 5.54. The summed E-state index contributed by atoms with van der Waals surface area (Å²) < 4.78 is 68.0. The van der Waals surface area contributed by atoms with Gasteiger partial charge in [-0.05, 0) is 24.7 Å². The summed E-state index contributed by atoms with van der Waals surface area (Å²) in [6.45, 7) is 1.47. The fraction of sp³-hybridized carbons (Fsp3) is 0.333. The molecule has 9 heteroatoms. The van der Waals surface area contributed by atoms with Crippen LogP contribution in [0.25, 0.3) is 11.1 Å². The molecule has 0 bridgehead atoms. The molecular formula is C18H18ClF3N2O2S. The maximum atomic E-state index is 13.7. The predicted molar refractivity (Wildman–Crippen MR) is 98.1 cm³/mol.